The van der Waals surface area contributed by atoms with Gasteiger partial charge >= 0.3 is 0 Å². The van der Waals surface area contributed by atoms with Crippen molar-refractivity contribution in [1.82, 2.24) is 24.5 Å². The van der Waals surface area contributed by atoms with Crippen molar-refractivity contribution in [3.8, 4) is 22.8 Å². The molecular weight excluding hydrogens is 560 g/mol. The van der Waals surface area contributed by atoms with Crippen LogP contribution < -0.4 is 10.3 Å². The van der Waals surface area contributed by atoms with Crippen LogP contribution in [0.1, 0.15) is 31.2 Å². The Morgan fingerprint density at radius 1 is 1.17 bits per heavy atom. The van der Waals surface area contributed by atoms with Gasteiger partial charge in [-0.1, -0.05) is 23.7 Å². The van der Waals surface area contributed by atoms with Gasteiger partial charge in [-0.15, -0.1) is 0 Å². The number of aryl methyl sites for hydroxylation is 1. The van der Waals surface area contributed by atoms with Gasteiger partial charge in [0, 0.05) is 5.56 Å². The summed E-state index contributed by atoms with van der Waals surface area (Å²) in [6, 6.07) is 8.80. The van der Waals surface area contributed by atoms with Crippen molar-refractivity contribution in [2.24, 2.45) is 0 Å². The lowest BCUT2D eigenvalue weighted by Gasteiger charge is -2.17. The van der Waals surface area contributed by atoms with E-state index >= 15 is 0 Å². The van der Waals surface area contributed by atoms with E-state index in [0.29, 0.717) is 11.3 Å². The molecule has 4 aromatic rings. The average molecular weight is 579 g/mol. The molecule has 0 aliphatic rings. The molecule has 186 valence electrons. The second-order valence-electron chi connectivity index (χ2n) is 8.27. The number of hydrogen-bond acceptors (Lipinski definition) is 7. The molecule has 0 fully saturated rings. The number of nitrogens with zero attached hydrogens (tertiary/aromatic N) is 5. The van der Waals surface area contributed by atoms with Gasteiger partial charge in [0.1, 0.15) is 28.2 Å². The van der Waals surface area contributed by atoms with Gasteiger partial charge in [-0.05, 0) is 61.0 Å². The molecular formula is C24H19BrClF2N5O3. The SMILES string of the molecule is Cc1nc(OCc2cccc(F)n2)c(Br)c(=O)n1-c1cc(-c2nc(C(C)(C)O)ncc2F)ccc1Cl. The van der Waals surface area contributed by atoms with Crippen molar-refractivity contribution in [1.29, 1.82) is 0 Å². The normalized spacial score (nSPS) is 11.6. The zero-order chi connectivity index (χ0) is 26.2. The molecule has 0 saturated carbocycles. The molecule has 0 spiro atoms. The molecule has 8 nitrogen and oxygen atoms in total. The predicted molar refractivity (Wildman–Crippen MR) is 132 cm³/mol. The van der Waals surface area contributed by atoms with Gasteiger partial charge in [0.2, 0.25) is 11.8 Å². The third-order valence-corrected chi connectivity index (χ3v) is 6.04. The number of ether oxygens (including phenoxy) is 1. The van der Waals surface area contributed by atoms with Crippen LogP contribution in [-0.4, -0.2) is 29.6 Å². The third kappa shape index (κ3) is 5.28. The van der Waals surface area contributed by atoms with Crippen LogP contribution in [0.4, 0.5) is 8.78 Å². The predicted octanol–water partition coefficient (Wildman–Crippen LogP) is 4.89. The Hall–Kier alpha value is -3.28. The summed E-state index contributed by atoms with van der Waals surface area (Å²) in [5, 5.41) is 10.4. The first-order valence-corrected chi connectivity index (χ1v) is 11.7. The van der Waals surface area contributed by atoms with Gasteiger partial charge in [0.05, 0.1) is 22.6 Å². The maximum absolute atomic E-state index is 14.6. The highest BCUT2D eigenvalue weighted by Gasteiger charge is 2.23. The molecule has 0 atom stereocenters. The minimum Gasteiger partial charge on any atom is -0.470 e. The molecule has 3 aromatic heterocycles. The highest BCUT2D eigenvalue weighted by atomic mass is 79.9. The first kappa shape index (κ1) is 25.8. The molecule has 0 aliphatic heterocycles. The maximum Gasteiger partial charge on any atom is 0.276 e. The minimum absolute atomic E-state index is 0.00325. The minimum atomic E-state index is -1.39. The topological polar surface area (TPSA) is 103 Å². The molecule has 0 aliphatic carbocycles. The van der Waals surface area contributed by atoms with E-state index in [1.807, 2.05) is 0 Å². The molecule has 0 bridgehead atoms. The van der Waals surface area contributed by atoms with Gasteiger partial charge in [0.25, 0.3) is 5.56 Å². The maximum atomic E-state index is 14.6. The summed E-state index contributed by atoms with van der Waals surface area (Å²) < 4.78 is 34.8. The van der Waals surface area contributed by atoms with E-state index in [-0.39, 0.29) is 45.0 Å². The molecule has 0 unspecified atom stereocenters. The van der Waals surface area contributed by atoms with Crippen molar-refractivity contribution < 1.29 is 18.6 Å². The van der Waals surface area contributed by atoms with Gasteiger partial charge in [0.15, 0.2) is 11.6 Å². The van der Waals surface area contributed by atoms with Crippen LogP contribution >= 0.6 is 27.5 Å². The van der Waals surface area contributed by atoms with Crippen LogP contribution in [-0.2, 0) is 12.2 Å². The number of pyridine rings is 1. The smallest absolute Gasteiger partial charge is 0.276 e. The number of aliphatic hydroxyl groups is 1. The summed E-state index contributed by atoms with van der Waals surface area (Å²) in [6.07, 6.45) is 0.971. The highest BCUT2D eigenvalue weighted by molar-refractivity contribution is 9.10. The number of hydrogen-bond donors (Lipinski definition) is 1. The monoisotopic (exact) mass is 577 g/mol. The van der Waals surface area contributed by atoms with Gasteiger partial charge < -0.3 is 9.84 Å². The van der Waals surface area contributed by atoms with Gasteiger partial charge in [-0.2, -0.15) is 9.37 Å². The molecule has 4 rings (SSSR count). The molecule has 3 heterocycles. The van der Waals surface area contributed by atoms with Gasteiger partial charge in [-0.3, -0.25) is 9.36 Å². The summed E-state index contributed by atoms with van der Waals surface area (Å²) in [7, 11) is 0. The van der Waals surface area contributed by atoms with Crippen LogP contribution in [0.3, 0.4) is 0 Å². The van der Waals surface area contributed by atoms with Crippen LogP contribution in [0.2, 0.25) is 5.02 Å². The molecule has 0 radical (unpaired) electrons. The van der Waals surface area contributed by atoms with Crippen molar-refractivity contribution in [2.75, 3.05) is 0 Å². The Kier molecular flexibility index (Phi) is 7.17. The summed E-state index contributed by atoms with van der Waals surface area (Å²) >= 11 is 9.62. The van der Waals surface area contributed by atoms with E-state index in [1.54, 1.807) is 13.0 Å². The van der Waals surface area contributed by atoms with Crippen molar-refractivity contribution in [3.63, 3.8) is 0 Å². The second-order valence-corrected chi connectivity index (χ2v) is 9.47. The third-order valence-electron chi connectivity index (χ3n) is 5.05. The zero-order valence-electron chi connectivity index (χ0n) is 19.3. The summed E-state index contributed by atoms with van der Waals surface area (Å²) in [5.74, 6) is -1.12. The fourth-order valence-corrected chi connectivity index (χ4v) is 3.91. The Morgan fingerprint density at radius 3 is 2.61 bits per heavy atom. The largest absolute Gasteiger partial charge is 0.470 e. The fourth-order valence-electron chi connectivity index (χ4n) is 3.33. The van der Waals surface area contributed by atoms with Crippen molar-refractivity contribution >= 4 is 27.5 Å². The molecule has 1 aromatic carbocycles. The Morgan fingerprint density at radius 2 is 1.92 bits per heavy atom. The van der Waals surface area contributed by atoms with E-state index in [0.717, 1.165) is 6.20 Å². The van der Waals surface area contributed by atoms with E-state index in [2.05, 4.69) is 35.9 Å². The van der Waals surface area contributed by atoms with Crippen LogP contribution in [0.5, 0.6) is 5.88 Å². The Balaban J connectivity index is 1.75. The molecule has 0 saturated heterocycles. The quantitative estimate of drug-likeness (QED) is 0.325. The molecule has 12 heteroatoms. The number of benzene rings is 1. The van der Waals surface area contributed by atoms with E-state index in [9.17, 15) is 18.7 Å². The Labute approximate surface area is 217 Å². The summed E-state index contributed by atoms with van der Waals surface area (Å²) in [5.41, 5.74) is -1.15. The first-order chi connectivity index (χ1) is 17.0. The number of halogens is 4. The molecule has 36 heavy (non-hydrogen) atoms. The highest BCUT2D eigenvalue weighted by Crippen LogP contribution is 2.30. The van der Waals surface area contributed by atoms with Crippen LogP contribution in [0.15, 0.2) is 51.9 Å². The lowest BCUT2D eigenvalue weighted by atomic mass is 10.1. The van der Waals surface area contributed by atoms with Crippen LogP contribution in [0.25, 0.3) is 16.9 Å². The van der Waals surface area contributed by atoms with E-state index in [4.69, 9.17) is 16.3 Å². The summed E-state index contributed by atoms with van der Waals surface area (Å²) in [6.45, 7) is 4.43. The first-order valence-electron chi connectivity index (χ1n) is 10.5. The zero-order valence-corrected chi connectivity index (χ0v) is 21.6. The molecule has 1 N–H and O–H groups in total. The second kappa shape index (κ2) is 10.00. The fraction of sp³-hybridized carbons (Fsp3) is 0.208. The number of aromatic nitrogens is 5. The van der Waals surface area contributed by atoms with E-state index in [1.165, 1.54) is 48.7 Å². The standard InChI is InChI=1S/C24H19BrClF2N5O3/c1-12-30-21(36-11-14-5-4-6-18(28)31-14)19(25)22(34)33(12)17-9-13(7-8-15(17)26)20-16(27)10-29-23(32-20)24(2,3)35/h4-10,35H,11H2,1-3H3. The lowest BCUT2D eigenvalue weighted by molar-refractivity contribution is 0.0686. The van der Waals surface area contributed by atoms with Gasteiger partial charge in [-0.25, -0.2) is 19.3 Å². The van der Waals surface area contributed by atoms with Crippen molar-refractivity contribution in [3.05, 3.63) is 91.6 Å². The van der Waals surface area contributed by atoms with Crippen molar-refractivity contribution in [2.45, 2.75) is 33.0 Å². The summed E-state index contributed by atoms with van der Waals surface area (Å²) in [4.78, 5) is 29.3. The Bertz CT molecular complexity index is 1530. The average Bonchev–Trinajstić information content (AvgIpc) is 2.81. The lowest BCUT2D eigenvalue weighted by Crippen LogP contribution is -2.24. The van der Waals surface area contributed by atoms with Crippen LogP contribution in [0, 0.1) is 18.7 Å². The molecule has 0 amide bonds. The number of rotatable bonds is 6. The van der Waals surface area contributed by atoms with E-state index < -0.39 is 22.9 Å².